The Morgan fingerprint density at radius 1 is 1.03 bits per heavy atom. The largest absolute Gasteiger partial charge is 0.508 e. The number of carbonyl (C=O) groups is 2. The van der Waals surface area contributed by atoms with Gasteiger partial charge >= 0.3 is 12.0 Å². The van der Waals surface area contributed by atoms with Crippen LogP contribution in [-0.2, 0) is 19.0 Å². The summed E-state index contributed by atoms with van der Waals surface area (Å²) in [6.07, 6.45) is 1.51. The van der Waals surface area contributed by atoms with Crippen LogP contribution in [0.3, 0.4) is 0 Å². The van der Waals surface area contributed by atoms with E-state index in [1.54, 1.807) is 12.1 Å². The number of nitrogens with zero attached hydrogens (tertiary/aromatic N) is 2. The molecule has 8 heteroatoms. The van der Waals surface area contributed by atoms with Crippen LogP contribution in [-0.4, -0.2) is 73.8 Å². The van der Waals surface area contributed by atoms with Gasteiger partial charge < -0.3 is 19.3 Å². The molecule has 0 bridgehead atoms. The summed E-state index contributed by atoms with van der Waals surface area (Å²) in [5, 5.41) is 9.01. The molecule has 1 aliphatic heterocycles. The first kappa shape index (κ1) is 26.7. The lowest BCUT2D eigenvalue weighted by molar-refractivity contribution is -0.158. The molecule has 1 aliphatic rings. The molecule has 1 aromatic carbocycles. The quantitative estimate of drug-likeness (QED) is 0.590. The molecule has 2 atom stereocenters. The standard InChI is InChI=1S/C13H24N2O5.C10H14O/c1-5-10(2)12(16)20-11-6-14(8-18-3)13(17)15(7-11)9-19-4;1-3-8(2)9-4-6-10(11)7-5-9/h10-11H,5-9H2,1-4H3;4-8,11H,3H2,1-2H3. The topological polar surface area (TPSA) is 88.5 Å². The highest BCUT2D eigenvalue weighted by Crippen LogP contribution is 2.20. The maximum atomic E-state index is 12.1. The number of hydrogen-bond acceptors (Lipinski definition) is 6. The van der Waals surface area contributed by atoms with Gasteiger partial charge in [-0.05, 0) is 36.5 Å². The number of phenolic OH excluding ortho intramolecular Hbond substituents is 1. The molecular weight excluding hydrogens is 400 g/mol. The number of phenols is 1. The van der Waals surface area contributed by atoms with Crippen molar-refractivity contribution in [2.24, 2.45) is 5.92 Å². The van der Waals surface area contributed by atoms with Crippen molar-refractivity contribution in [3.8, 4) is 5.75 Å². The predicted octanol–water partition coefficient (Wildman–Crippen LogP) is 3.80. The van der Waals surface area contributed by atoms with E-state index in [0.717, 1.165) is 12.8 Å². The highest BCUT2D eigenvalue weighted by molar-refractivity contribution is 5.76. The molecule has 0 radical (unpaired) electrons. The number of aromatic hydroxyl groups is 1. The summed E-state index contributed by atoms with van der Waals surface area (Å²) in [4.78, 5) is 26.9. The highest BCUT2D eigenvalue weighted by atomic mass is 16.5. The number of carbonyl (C=O) groups excluding carboxylic acids is 2. The third-order valence-electron chi connectivity index (χ3n) is 5.33. The van der Waals surface area contributed by atoms with E-state index in [-0.39, 0.29) is 37.5 Å². The molecule has 1 fully saturated rings. The van der Waals surface area contributed by atoms with Crippen molar-refractivity contribution in [2.45, 2.75) is 52.6 Å². The van der Waals surface area contributed by atoms with Crippen LogP contribution in [0.5, 0.6) is 5.75 Å². The minimum Gasteiger partial charge on any atom is -0.508 e. The van der Waals surface area contributed by atoms with Gasteiger partial charge in [0.25, 0.3) is 0 Å². The zero-order chi connectivity index (χ0) is 23.4. The highest BCUT2D eigenvalue weighted by Gasteiger charge is 2.34. The smallest absolute Gasteiger partial charge is 0.323 e. The number of amides is 2. The fourth-order valence-electron chi connectivity index (χ4n) is 2.99. The molecule has 1 aromatic rings. The summed E-state index contributed by atoms with van der Waals surface area (Å²) in [6, 6.07) is 7.25. The molecule has 31 heavy (non-hydrogen) atoms. The van der Waals surface area contributed by atoms with Crippen LogP contribution in [0.1, 0.15) is 52.0 Å². The minimum absolute atomic E-state index is 0.139. The maximum absolute atomic E-state index is 12.1. The van der Waals surface area contributed by atoms with Crippen molar-refractivity contribution in [3.63, 3.8) is 0 Å². The summed E-state index contributed by atoms with van der Waals surface area (Å²) in [5.41, 5.74) is 1.30. The summed E-state index contributed by atoms with van der Waals surface area (Å²) < 4.78 is 15.5. The first-order chi connectivity index (χ1) is 14.8. The lowest BCUT2D eigenvalue weighted by Gasteiger charge is -2.38. The summed E-state index contributed by atoms with van der Waals surface area (Å²) in [7, 11) is 3.03. The second-order valence-corrected chi connectivity index (χ2v) is 7.83. The van der Waals surface area contributed by atoms with Gasteiger partial charge in [0.1, 0.15) is 25.3 Å². The number of esters is 1. The third kappa shape index (κ3) is 8.75. The monoisotopic (exact) mass is 438 g/mol. The van der Waals surface area contributed by atoms with E-state index in [9.17, 15) is 9.59 Å². The number of hydrogen-bond donors (Lipinski definition) is 1. The van der Waals surface area contributed by atoms with Gasteiger partial charge in [0.15, 0.2) is 0 Å². The van der Waals surface area contributed by atoms with Crippen molar-refractivity contribution in [3.05, 3.63) is 29.8 Å². The van der Waals surface area contributed by atoms with E-state index in [2.05, 4.69) is 13.8 Å². The zero-order valence-corrected chi connectivity index (χ0v) is 19.7. The molecule has 2 rings (SSSR count). The molecule has 0 aromatic heterocycles. The van der Waals surface area contributed by atoms with Crippen molar-refractivity contribution in [1.29, 1.82) is 0 Å². The minimum atomic E-state index is -0.362. The Balaban J connectivity index is 0.000000367. The number of urea groups is 1. The zero-order valence-electron chi connectivity index (χ0n) is 19.7. The Kier molecular flexibility index (Phi) is 12.0. The fourth-order valence-corrected chi connectivity index (χ4v) is 2.99. The number of ether oxygens (including phenoxy) is 3. The first-order valence-corrected chi connectivity index (χ1v) is 10.8. The summed E-state index contributed by atoms with van der Waals surface area (Å²) in [6.45, 7) is 9.13. The Bertz CT molecular complexity index is 649. The molecule has 1 N–H and O–H groups in total. The van der Waals surface area contributed by atoms with E-state index in [0.29, 0.717) is 24.8 Å². The molecule has 0 aliphatic carbocycles. The van der Waals surface area contributed by atoms with Gasteiger partial charge in [-0.3, -0.25) is 14.6 Å². The molecule has 0 saturated carbocycles. The molecule has 0 spiro atoms. The Labute approximate surface area is 186 Å². The van der Waals surface area contributed by atoms with Gasteiger partial charge in [-0.15, -0.1) is 0 Å². The molecule has 1 heterocycles. The van der Waals surface area contributed by atoms with Crippen LogP contribution in [0.2, 0.25) is 0 Å². The average molecular weight is 439 g/mol. The third-order valence-corrected chi connectivity index (χ3v) is 5.33. The SMILES string of the molecule is CCC(C)C(=O)OC1CN(COC)C(=O)N(COC)C1.CCC(C)c1ccc(O)cc1. The average Bonchev–Trinajstić information content (AvgIpc) is 2.77. The summed E-state index contributed by atoms with van der Waals surface area (Å²) in [5.74, 6) is 0.564. The first-order valence-electron chi connectivity index (χ1n) is 10.8. The van der Waals surface area contributed by atoms with Gasteiger partial charge in [0.2, 0.25) is 0 Å². The molecule has 2 amide bonds. The fraction of sp³-hybridized carbons (Fsp3) is 0.652. The van der Waals surface area contributed by atoms with Crippen molar-refractivity contribution in [1.82, 2.24) is 9.80 Å². The molecule has 8 nitrogen and oxygen atoms in total. The molecular formula is C23H38N2O6. The second-order valence-electron chi connectivity index (χ2n) is 7.83. The van der Waals surface area contributed by atoms with Crippen LogP contribution in [0.25, 0.3) is 0 Å². The second kappa shape index (κ2) is 13.9. The van der Waals surface area contributed by atoms with Crippen molar-refractivity contribution >= 4 is 12.0 Å². The Morgan fingerprint density at radius 3 is 1.97 bits per heavy atom. The van der Waals surface area contributed by atoms with E-state index in [1.807, 2.05) is 26.0 Å². The van der Waals surface area contributed by atoms with E-state index < -0.39 is 0 Å². The van der Waals surface area contributed by atoms with E-state index >= 15 is 0 Å². The van der Waals surface area contributed by atoms with Gasteiger partial charge in [-0.2, -0.15) is 0 Å². The van der Waals surface area contributed by atoms with E-state index in [1.165, 1.54) is 29.6 Å². The van der Waals surface area contributed by atoms with Crippen molar-refractivity contribution < 1.29 is 28.9 Å². The van der Waals surface area contributed by atoms with Crippen LogP contribution in [0.4, 0.5) is 4.79 Å². The summed E-state index contributed by atoms with van der Waals surface area (Å²) >= 11 is 0. The van der Waals surface area contributed by atoms with Crippen LogP contribution < -0.4 is 0 Å². The number of methoxy groups -OCH3 is 2. The van der Waals surface area contributed by atoms with Gasteiger partial charge in [0.05, 0.1) is 19.0 Å². The van der Waals surface area contributed by atoms with Gasteiger partial charge in [-0.1, -0.05) is 39.8 Å². The predicted molar refractivity (Wildman–Crippen MR) is 119 cm³/mol. The molecule has 176 valence electrons. The molecule has 1 saturated heterocycles. The maximum Gasteiger partial charge on any atom is 0.323 e. The van der Waals surface area contributed by atoms with Crippen LogP contribution in [0, 0.1) is 5.92 Å². The van der Waals surface area contributed by atoms with Crippen molar-refractivity contribution in [2.75, 3.05) is 40.8 Å². The number of benzene rings is 1. The number of rotatable bonds is 9. The molecule has 2 unspecified atom stereocenters. The van der Waals surface area contributed by atoms with Crippen LogP contribution in [0.15, 0.2) is 24.3 Å². The lowest BCUT2D eigenvalue weighted by Crippen LogP contribution is -2.57. The van der Waals surface area contributed by atoms with Gasteiger partial charge in [0, 0.05) is 14.2 Å². The Hall–Kier alpha value is -2.32. The van der Waals surface area contributed by atoms with Crippen LogP contribution >= 0.6 is 0 Å². The van der Waals surface area contributed by atoms with E-state index in [4.69, 9.17) is 19.3 Å². The van der Waals surface area contributed by atoms with Gasteiger partial charge in [-0.25, -0.2) is 4.79 Å². The lowest BCUT2D eigenvalue weighted by atomic mass is 9.99. The Morgan fingerprint density at radius 2 is 1.55 bits per heavy atom. The normalized spacial score (nSPS) is 16.4.